The van der Waals surface area contributed by atoms with Gasteiger partial charge >= 0.3 is 6.09 Å². The van der Waals surface area contributed by atoms with Crippen molar-refractivity contribution in [2.45, 2.75) is 32.6 Å². The Morgan fingerprint density at radius 2 is 2.17 bits per heavy atom. The van der Waals surface area contributed by atoms with Crippen LogP contribution in [0.25, 0.3) is 0 Å². The van der Waals surface area contributed by atoms with E-state index in [1.807, 2.05) is 0 Å². The van der Waals surface area contributed by atoms with E-state index in [-0.39, 0.29) is 6.09 Å². The predicted octanol–water partition coefficient (Wildman–Crippen LogP) is 2.69. The maximum absolute atomic E-state index is 10.7. The standard InChI is InChI=1S/C8H16INO2/c1-2-3-4-5-6-12-8(11)10-7-9/h2-7H2,1H3,(H,10,11). The smallest absolute Gasteiger partial charge is 0.407 e. The molecule has 12 heavy (non-hydrogen) atoms. The minimum Gasteiger partial charge on any atom is -0.450 e. The van der Waals surface area contributed by atoms with Gasteiger partial charge in [0.15, 0.2) is 0 Å². The highest BCUT2D eigenvalue weighted by Gasteiger charge is 1.97. The second-order valence-corrected chi connectivity index (χ2v) is 3.27. The Bertz CT molecular complexity index is 120. The molecule has 0 atom stereocenters. The number of rotatable bonds is 6. The van der Waals surface area contributed by atoms with E-state index in [4.69, 9.17) is 4.74 Å². The van der Waals surface area contributed by atoms with Gasteiger partial charge in [0.25, 0.3) is 0 Å². The molecule has 0 bridgehead atoms. The lowest BCUT2D eigenvalue weighted by Gasteiger charge is -2.03. The van der Waals surface area contributed by atoms with Gasteiger partial charge in [0.1, 0.15) is 0 Å². The minimum absolute atomic E-state index is 0.305. The highest BCUT2D eigenvalue weighted by atomic mass is 127. The molecule has 3 nitrogen and oxygen atoms in total. The number of carbonyl (C=O) groups is 1. The molecular weight excluding hydrogens is 269 g/mol. The Morgan fingerprint density at radius 3 is 2.75 bits per heavy atom. The van der Waals surface area contributed by atoms with Crippen molar-refractivity contribution >= 4 is 28.7 Å². The first kappa shape index (κ1) is 12.0. The fraction of sp³-hybridized carbons (Fsp3) is 0.875. The Balaban J connectivity index is 3.03. The summed E-state index contributed by atoms with van der Waals surface area (Å²) in [5.74, 6) is 0. The molecule has 1 N–H and O–H groups in total. The first-order valence-corrected chi connectivity index (χ1v) is 5.80. The van der Waals surface area contributed by atoms with Crippen LogP contribution >= 0.6 is 22.6 Å². The van der Waals surface area contributed by atoms with Crippen LogP contribution < -0.4 is 5.32 Å². The molecule has 72 valence electrons. The molecule has 0 unspecified atom stereocenters. The van der Waals surface area contributed by atoms with E-state index in [0.717, 1.165) is 12.8 Å². The van der Waals surface area contributed by atoms with Gasteiger partial charge in [-0.25, -0.2) is 4.79 Å². The number of alkyl halides is 1. The van der Waals surface area contributed by atoms with E-state index >= 15 is 0 Å². The predicted molar refractivity (Wildman–Crippen MR) is 57.5 cm³/mol. The van der Waals surface area contributed by atoms with E-state index < -0.39 is 0 Å². The normalized spacial score (nSPS) is 9.50. The highest BCUT2D eigenvalue weighted by Crippen LogP contribution is 1.98. The van der Waals surface area contributed by atoms with Crippen LogP contribution in [-0.2, 0) is 4.74 Å². The van der Waals surface area contributed by atoms with Crippen molar-refractivity contribution in [3.63, 3.8) is 0 Å². The van der Waals surface area contributed by atoms with Gasteiger partial charge in [-0.3, -0.25) is 0 Å². The molecule has 0 aliphatic carbocycles. The molecule has 0 rings (SSSR count). The molecule has 0 saturated heterocycles. The third-order valence-corrected chi connectivity index (χ3v) is 1.82. The van der Waals surface area contributed by atoms with Crippen LogP contribution in [0.15, 0.2) is 0 Å². The molecule has 0 aromatic carbocycles. The average molecular weight is 285 g/mol. The molecule has 0 radical (unpaired) electrons. The van der Waals surface area contributed by atoms with Crippen LogP contribution in [0.2, 0.25) is 0 Å². The van der Waals surface area contributed by atoms with Crippen molar-refractivity contribution < 1.29 is 9.53 Å². The lowest BCUT2D eigenvalue weighted by atomic mass is 10.2. The third kappa shape index (κ3) is 8.10. The van der Waals surface area contributed by atoms with Crippen LogP contribution in [0.5, 0.6) is 0 Å². The lowest BCUT2D eigenvalue weighted by molar-refractivity contribution is 0.146. The van der Waals surface area contributed by atoms with Crippen molar-refractivity contribution in [1.82, 2.24) is 5.32 Å². The van der Waals surface area contributed by atoms with E-state index in [2.05, 4.69) is 34.8 Å². The van der Waals surface area contributed by atoms with Crippen molar-refractivity contribution in [3.05, 3.63) is 0 Å². The number of unbranched alkanes of at least 4 members (excludes halogenated alkanes) is 3. The topological polar surface area (TPSA) is 38.3 Å². The zero-order valence-corrected chi connectivity index (χ0v) is 9.59. The van der Waals surface area contributed by atoms with E-state index in [9.17, 15) is 4.79 Å². The molecule has 0 aromatic rings. The van der Waals surface area contributed by atoms with E-state index in [1.165, 1.54) is 12.8 Å². The summed E-state index contributed by atoms with van der Waals surface area (Å²) in [6.07, 6.45) is 4.24. The van der Waals surface area contributed by atoms with Gasteiger partial charge in [0, 0.05) is 0 Å². The number of halogens is 1. The maximum atomic E-state index is 10.7. The summed E-state index contributed by atoms with van der Waals surface area (Å²) in [7, 11) is 0. The van der Waals surface area contributed by atoms with Crippen molar-refractivity contribution in [2.75, 3.05) is 11.2 Å². The Labute approximate surface area is 87.4 Å². The molecule has 1 amide bonds. The van der Waals surface area contributed by atoms with E-state index in [0.29, 0.717) is 11.2 Å². The van der Waals surface area contributed by atoms with Gasteiger partial charge < -0.3 is 10.1 Å². The number of ether oxygens (including phenoxy) is 1. The molecular formula is C8H16INO2. The quantitative estimate of drug-likeness (QED) is 0.353. The summed E-state index contributed by atoms with van der Waals surface area (Å²) in [5.41, 5.74) is 0. The summed E-state index contributed by atoms with van der Waals surface area (Å²) >= 11 is 2.07. The lowest BCUT2D eigenvalue weighted by Crippen LogP contribution is -2.22. The van der Waals surface area contributed by atoms with Crippen LogP contribution in [-0.4, -0.2) is 17.3 Å². The zero-order valence-electron chi connectivity index (χ0n) is 7.44. The SMILES string of the molecule is CCCCCCOC(=O)NCI. The molecule has 4 heteroatoms. The summed E-state index contributed by atoms with van der Waals surface area (Å²) in [4.78, 5) is 10.7. The van der Waals surface area contributed by atoms with Gasteiger partial charge in [0.05, 0.1) is 11.2 Å². The molecule has 0 aliphatic rings. The molecule has 0 spiro atoms. The fourth-order valence-corrected chi connectivity index (χ4v) is 1.11. The number of carbonyl (C=O) groups excluding carboxylic acids is 1. The second kappa shape index (κ2) is 9.09. The minimum atomic E-state index is -0.305. The third-order valence-electron chi connectivity index (χ3n) is 1.44. The maximum Gasteiger partial charge on any atom is 0.407 e. The van der Waals surface area contributed by atoms with Crippen molar-refractivity contribution in [3.8, 4) is 0 Å². The Morgan fingerprint density at radius 1 is 1.42 bits per heavy atom. The summed E-state index contributed by atoms with van der Waals surface area (Å²) < 4.78 is 5.48. The first-order chi connectivity index (χ1) is 5.81. The zero-order chi connectivity index (χ0) is 9.23. The van der Waals surface area contributed by atoms with Gasteiger partial charge in [-0.05, 0) is 6.42 Å². The van der Waals surface area contributed by atoms with Gasteiger partial charge in [-0.1, -0.05) is 48.8 Å². The first-order valence-electron chi connectivity index (χ1n) is 4.27. The van der Waals surface area contributed by atoms with Gasteiger partial charge in [-0.2, -0.15) is 0 Å². The van der Waals surface area contributed by atoms with Crippen LogP contribution in [0.1, 0.15) is 32.6 Å². The largest absolute Gasteiger partial charge is 0.450 e. The van der Waals surface area contributed by atoms with Crippen molar-refractivity contribution in [2.24, 2.45) is 0 Å². The van der Waals surface area contributed by atoms with Crippen LogP contribution in [0.4, 0.5) is 4.79 Å². The number of hydrogen-bond donors (Lipinski definition) is 1. The fourth-order valence-electron chi connectivity index (χ4n) is 0.799. The number of nitrogens with one attached hydrogen (secondary N) is 1. The Hall–Kier alpha value is 0. The Kier molecular flexibility index (Phi) is 9.09. The van der Waals surface area contributed by atoms with Crippen LogP contribution in [0, 0.1) is 0 Å². The summed E-state index contributed by atoms with van der Waals surface area (Å²) in [6, 6.07) is 0. The molecule has 0 fully saturated rings. The molecule has 0 aromatic heterocycles. The average Bonchev–Trinajstić information content (AvgIpc) is 2.05. The van der Waals surface area contributed by atoms with Crippen molar-refractivity contribution in [1.29, 1.82) is 0 Å². The number of hydrogen-bond acceptors (Lipinski definition) is 2. The monoisotopic (exact) mass is 285 g/mol. The molecule has 0 heterocycles. The summed E-state index contributed by atoms with van der Waals surface area (Å²) in [5, 5.41) is 2.56. The van der Waals surface area contributed by atoms with Gasteiger partial charge in [0.2, 0.25) is 0 Å². The number of alkyl carbamates (subject to hydrolysis) is 1. The summed E-state index contributed by atoms with van der Waals surface area (Å²) in [6.45, 7) is 2.70. The van der Waals surface area contributed by atoms with Gasteiger partial charge in [-0.15, -0.1) is 0 Å². The second-order valence-electron chi connectivity index (χ2n) is 2.51. The molecule has 0 aliphatic heterocycles. The highest BCUT2D eigenvalue weighted by molar-refractivity contribution is 14.1. The molecule has 0 saturated carbocycles. The number of amides is 1. The van der Waals surface area contributed by atoms with E-state index in [1.54, 1.807) is 0 Å². The van der Waals surface area contributed by atoms with Crippen LogP contribution in [0.3, 0.4) is 0 Å².